The van der Waals surface area contributed by atoms with Crippen molar-refractivity contribution in [3.05, 3.63) is 54.4 Å². The number of hydrogen-bond acceptors (Lipinski definition) is 3. The molecule has 1 amide bonds. The minimum absolute atomic E-state index is 0.0805. The predicted octanol–water partition coefficient (Wildman–Crippen LogP) is 3.20. The van der Waals surface area contributed by atoms with Gasteiger partial charge in [-0.3, -0.25) is 9.48 Å². The second-order valence-corrected chi connectivity index (χ2v) is 7.33. The Balaban J connectivity index is 1.64. The summed E-state index contributed by atoms with van der Waals surface area (Å²) in [5.74, 6) is 0.0805. The number of likely N-dealkylation sites (N-methyl/N-ethyl adjacent to an activating group) is 2. The van der Waals surface area contributed by atoms with Crippen molar-refractivity contribution >= 4 is 5.91 Å². The van der Waals surface area contributed by atoms with Crippen LogP contribution in [0, 0.1) is 0 Å². The highest BCUT2D eigenvalue weighted by Gasteiger charge is 2.26. The van der Waals surface area contributed by atoms with Crippen LogP contribution in [0.1, 0.15) is 43.7 Å². The molecule has 1 heterocycles. The molecule has 1 aromatic heterocycles. The molecule has 26 heavy (non-hydrogen) atoms. The molecule has 1 atom stereocenters. The van der Waals surface area contributed by atoms with Crippen LogP contribution in [0.5, 0.6) is 0 Å². The highest BCUT2D eigenvalue weighted by molar-refractivity contribution is 5.83. The van der Waals surface area contributed by atoms with Gasteiger partial charge in [-0.2, -0.15) is 5.10 Å². The highest BCUT2D eigenvalue weighted by Crippen LogP contribution is 2.22. The van der Waals surface area contributed by atoms with Crippen molar-refractivity contribution in [1.82, 2.24) is 19.6 Å². The average Bonchev–Trinajstić information content (AvgIpc) is 3.21. The van der Waals surface area contributed by atoms with E-state index in [1.807, 2.05) is 54.5 Å². The topological polar surface area (TPSA) is 41.4 Å². The molecule has 3 rings (SSSR count). The number of benzene rings is 1. The maximum atomic E-state index is 13.2. The first kappa shape index (κ1) is 18.6. The lowest BCUT2D eigenvalue weighted by atomic mass is 9.94. The molecule has 1 unspecified atom stereocenters. The third-order valence-electron chi connectivity index (χ3n) is 5.50. The van der Waals surface area contributed by atoms with Crippen LogP contribution in [-0.4, -0.2) is 58.7 Å². The molecule has 0 N–H and O–H groups in total. The van der Waals surface area contributed by atoms with E-state index < -0.39 is 6.04 Å². The molecule has 0 aliphatic heterocycles. The van der Waals surface area contributed by atoms with Crippen molar-refractivity contribution in [3.8, 4) is 0 Å². The third kappa shape index (κ3) is 4.52. The Morgan fingerprint density at radius 3 is 2.50 bits per heavy atom. The molecule has 1 aliphatic rings. The summed E-state index contributed by atoms with van der Waals surface area (Å²) >= 11 is 0. The zero-order valence-electron chi connectivity index (χ0n) is 15.9. The molecule has 1 aliphatic carbocycles. The van der Waals surface area contributed by atoms with E-state index in [0.717, 1.165) is 18.7 Å². The number of nitrogens with zero attached hydrogens (tertiary/aromatic N) is 4. The van der Waals surface area contributed by atoms with Crippen LogP contribution >= 0.6 is 0 Å². The van der Waals surface area contributed by atoms with Crippen LogP contribution in [0.4, 0.5) is 0 Å². The zero-order chi connectivity index (χ0) is 18.4. The standard InChI is InChI=1S/C21H30N4O/c1-23(19-12-7-4-8-13-19)16-17-24(2)21(26)20(25-15-9-14-22-25)18-10-5-3-6-11-18/h3,5-6,9-11,14-15,19-20H,4,7-8,12-13,16-17H2,1-2H3. The molecule has 1 saturated carbocycles. The second kappa shape index (κ2) is 8.99. The zero-order valence-corrected chi connectivity index (χ0v) is 15.9. The molecule has 2 aromatic rings. The number of carbonyl (C=O) groups excluding carboxylic acids is 1. The Bertz CT molecular complexity index is 665. The molecule has 0 saturated heterocycles. The molecule has 1 fully saturated rings. The minimum atomic E-state index is -0.406. The fourth-order valence-corrected chi connectivity index (χ4v) is 3.81. The smallest absolute Gasteiger partial charge is 0.251 e. The largest absolute Gasteiger partial charge is 0.342 e. The molecular formula is C21H30N4O. The van der Waals surface area contributed by atoms with Crippen molar-refractivity contribution in [2.45, 2.75) is 44.2 Å². The molecule has 5 nitrogen and oxygen atoms in total. The normalized spacial score (nSPS) is 16.6. The number of carbonyl (C=O) groups is 1. The van der Waals surface area contributed by atoms with E-state index in [-0.39, 0.29) is 5.91 Å². The van der Waals surface area contributed by atoms with Gasteiger partial charge in [-0.25, -0.2) is 0 Å². The Morgan fingerprint density at radius 2 is 1.85 bits per heavy atom. The third-order valence-corrected chi connectivity index (χ3v) is 5.50. The van der Waals surface area contributed by atoms with E-state index in [1.165, 1.54) is 32.1 Å². The molecule has 140 valence electrons. The Morgan fingerprint density at radius 1 is 1.12 bits per heavy atom. The lowest BCUT2D eigenvalue weighted by molar-refractivity contribution is -0.132. The summed E-state index contributed by atoms with van der Waals surface area (Å²) in [5.41, 5.74) is 0.966. The molecule has 5 heteroatoms. The summed E-state index contributed by atoms with van der Waals surface area (Å²) < 4.78 is 1.75. The number of rotatable bonds is 7. The van der Waals surface area contributed by atoms with Gasteiger partial charge >= 0.3 is 0 Å². The summed E-state index contributed by atoms with van der Waals surface area (Å²) in [6, 6.07) is 12.0. The van der Waals surface area contributed by atoms with Gasteiger partial charge in [0.2, 0.25) is 0 Å². The van der Waals surface area contributed by atoms with E-state index in [2.05, 4.69) is 17.0 Å². The monoisotopic (exact) mass is 354 g/mol. The fraction of sp³-hybridized carbons (Fsp3) is 0.524. The first-order chi connectivity index (χ1) is 12.7. The van der Waals surface area contributed by atoms with Gasteiger partial charge in [-0.05, 0) is 31.5 Å². The lowest BCUT2D eigenvalue weighted by Crippen LogP contribution is -2.42. The van der Waals surface area contributed by atoms with Crippen molar-refractivity contribution in [2.75, 3.05) is 27.2 Å². The lowest BCUT2D eigenvalue weighted by Gasteiger charge is -2.33. The molecule has 0 bridgehead atoms. The van der Waals surface area contributed by atoms with Crippen LogP contribution in [0.3, 0.4) is 0 Å². The van der Waals surface area contributed by atoms with E-state index >= 15 is 0 Å². The van der Waals surface area contributed by atoms with Gasteiger partial charge in [0.25, 0.3) is 5.91 Å². The maximum absolute atomic E-state index is 13.2. The van der Waals surface area contributed by atoms with E-state index in [9.17, 15) is 4.79 Å². The Labute approximate surface area is 156 Å². The van der Waals surface area contributed by atoms with Crippen LogP contribution in [-0.2, 0) is 4.79 Å². The van der Waals surface area contributed by atoms with Crippen LogP contribution in [0.25, 0.3) is 0 Å². The SMILES string of the molecule is CN(CCN(C)C1CCCCC1)C(=O)C(c1ccccc1)n1cccn1. The van der Waals surface area contributed by atoms with E-state index in [1.54, 1.807) is 10.9 Å². The predicted molar refractivity (Wildman–Crippen MR) is 104 cm³/mol. The molecular weight excluding hydrogens is 324 g/mol. The molecule has 0 spiro atoms. The molecule has 0 radical (unpaired) electrons. The van der Waals surface area contributed by atoms with Crippen molar-refractivity contribution in [3.63, 3.8) is 0 Å². The van der Waals surface area contributed by atoms with E-state index in [4.69, 9.17) is 0 Å². The van der Waals surface area contributed by atoms with E-state index in [0.29, 0.717) is 6.04 Å². The number of hydrogen-bond donors (Lipinski definition) is 0. The first-order valence-electron chi connectivity index (χ1n) is 9.66. The quantitative estimate of drug-likeness (QED) is 0.767. The van der Waals surface area contributed by atoms with Crippen LogP contribution < -0.4 is 0 Å². The van der Waals surface area contributed by atoms with Gasteiger partial charge in [0.15, 0.2) is 6.04 Å². The first-order valence-corrected chi connectivity index (χ1v) is 9.66. The van der Waals surface area contributed by atoms with Gasteiger partial charge < -0.3 is 9.80 Å². The van der Waals surface area contributed by atoms with Gasteiger partial charge in [0.1, 0.15) is 0 Å². The number of aromatic nitrogens is 2. The van der Waals surface area contributed by atoms with Gasteiger partial charge in [-0.1, -0.05) is 49.6 Å². The Kier molecular flexibility index (Phi) is 6.45. The van der Waals surface area contributed by atoms with Crippen molar-refractivity contribution in [1.29, 1.82) is 0 Å². The number of amides is 1. The summed E-state index contributed by atoms with van der Waals surface area (Å²) in [6.07, 6.45) is 10.2. The van der Waals surface area contributed by atoms with Crippen molar-refractivity contribution < 1.29 is 4.79 Å². The fourth-order valence-electron chi connectivity index (χ4n) is 3.81. The Hall–Kier alpha value is -2.14. The molecule has 1 aromatic carbocycles. The summed E-state index contributed by atoms with van der Waals surface area (Å²) in [7, 11) is 4.09. The summed E-state index contributed by atoms with van der Waals surface area (Å²) in [5, 5.41) is 4.32. The van der Waals surface area contributed by atoms with Gasteiger partial charge in [0, 0.05) is 38.6 Å². The maximum Gasteiger partial charge on any atom is 0.251 e. The minimum Gasteiger partial charge on any atom is -0.342 e. The highest BCUT2D eigenvalue weighted by atomic mass is 16.2. The average molecular weight is 354 g/mol. The van der Waals surface area contributed by atoms with Crippen LogP contribution in [0.2, 0.25) is 0 Å². The van der Waals surface area contributed by atoms with Gasteiger partial charge in [-0.15, -0.1) is 0 Å². The van der Waals surface area contributed by atoms with Crippen molar-refractivity contribution in [2.24, 2.45) is 0 Å². The van der Waals surface area contributed by atoms with Gasteiger partial charge in [0.05, 0.1) is 0 Å². The van der Waals surface area contributed by atoms with Crippen LogP contribution in [0.15, 0.2) is 48.8 Å². The summed E-state index contributed by atoms with van der Waals surface area (Å²) in [4.78, 5) is 17.4. The second-order valence-electron chi connectivity index (χ2n) is 7.33. The summed E-state index contributed by atoms with van der Waals surface area (Å²) in [6.45, 7) is 1.64.